The third kappa shape index (κ3) is 2.97. The highest BCUT2D eigenvalue weighted by molar-refractivity contribution is 6.22. The summed E-state index contributed by atoms with van der Waals surface area (Å²) in [6, 6.07) is 4.67. The highest BCUT2D eigenvalue weighted by atomic mass is 16.2. The van der Waals surface area contributed by atoms with Crippen LogP contribution in [0.1, 0.15) is 34.1 Å². The molecule has 0 unspecified atom stereocenters. The molecule has 1 heterocycles. The van der Waals surface area contributed by atoms with Crippen LogP contribution in [0.3, 0.4) is 0 Å². The molecule has 19 heavy (non-hydrogen) atoms. The van der Waals surface area contributed by atoms with Gasteiger partial charge in [-0.15, -0.1) is 0 Å². The van der Waals surface area contributed by atoms with Gasteiger partial charge in [-0.1, -0.05) is 6.92 Å². The Bertz CT molecular complexity index is 540. The number of imide groups is 1. The number of carbonyl (C=O) groups excluding carboxylic acids is 3. The SMILES string of the molecule is CCNCCC(=O)Nc1ccc2c(c1)C(=O)NC2=O. The van der Waals surface area contributed by atoms with E-state index in [0.717, 1.165) is 6.54 Å². The number of amides is 3. The van der Waals surface area contributed by atoms with Gasteiger partial charge in [0.15, 0.2) is 0 Å². The third-order valence-electron chi connectivity index (χ3n) is 2.80. The average molecular weight is 261 g/mol. The number of hydrogen-bond donors (Lipinski definition) is 3. The molecule has 0 saturated carbocycles. The summed E-state index contributed by atoms with van der Waals surface area (Å²) in [5.74, 6) is -0.959. The molecule has 1 aliphatic heterocycles. The van der Waals surface area contributed by atoms with E-state index < -0.39 is 11.8 Å². The Labute approximate surface area is 110 Å². The first-order chi connectivity index (χ1) is 9.11. The molecular weight excluding hydrogens is 246 g/mol. The van der Waals surface area contributed by atoms with E-state index in [1.165, 1.54) is 12.1 Å². The second-order valence-corrected chi connectivity index (χ2v) is 4.20. The van der Waals surface area contributed by atoms with Crippen LogP contribution in [0, 0.1) is 0 Å². The maximum atomic E-state index is 11.6. The van der Waals surface area contributed by atoms with E-state index in [-0.39, 0.29) is 5.91 Å². The van der Waals surface area contributed by atoms with E-state index in [4.69, 9.17) is 0 Å². The number of benzene rings is 1. The summed E-state index contributed by atoms with van der Waals surface area (Å²) in [6.45, 7) is 3.38. The maximum Gasteiger partial charge on any atom is 0.259 e. The fourth-order valence-electron chi connectivity index (χ4n) is 1.85. The average Bonchev–Trinajstić information content (AvgIpc) is 2.65. The van der Waals surface area contributed by atoms with Gasteiger partial charge in [0, 0.05) is 18.7 Å². The van der Waals surface area contributed by atoms with Crippen LogP contribution in [0.4, 0.5) is 5.69 Å². The molecule has 0 aliphatic carbocycles. The zero-order chi connectivity index (χ0) is 13.8. The standard InChI is InChI=1S/C13H15N3O3/c1-2-14-6-5-11(17)15-8-3-4-9-10(7-8)13(19)16-12(9)18/h3-4,7,14H,2,5-6H2,1H3,(H,15,17)(H,16,18,19). The monoisotopic (exact) mass is 261 g/mol. The number of fused-ring (bicyclic) bond motifs is 1. The van der Waals surface area contributed by atoms with Gasteiger partial charge in [0.25, 0.3) is 11.8 Å². The lowest BCUT2D eigenvalue weighted by Crippen LogP contribution is -2.21. The van der Waals surface area contributed by atoms with Crippen LogP contribution < -0.4 is 16.0 Å². The first-order valence-corrected chi connectivity index (χ1v) is 6.12. The van der Waals surface area contributed by atoms with E-state index in [2.05, 4.69) is 16.0 Å². The topological polar surface area (TPSA) is 87.3 Å². The summed E-state index contributed by atoms with van der Waals surface area (Å²) >= 11 is 0. The summed E-state index contributed by atoms with van der Waals surface area (Å²) in [5.41, 5.74) is 1.16. The number of carbonyl (C=O) groups is 3. The number of hydrogen-bond acceptors (Lipinski definition) is 4. The van der Waals surface area contributed by atoms with Crippen molar-refractivity contribution in [2.24, 2.45) is 0 Å². The van der Waals surface area contributed by atoms with Crippen molar-refractivity contribution in [2.75, 3.05) is 18.4 Å². The van der Waals surface area contributed by atoms with Gasteiger partial charge in [-0.05, 0) is 24.7 Å². The molecule has 1 aliphatic rings. The molecule has 3 N–H and O–H groups in total. The van der Waals surface area contributed by atoms with Crippen molar-refractivity contribution in [3.63, 3.8) is 0 Å². The van der Waals surface area contributed by atoms with E-state index in [1.807, 2.05) is 6.92 Å². The van der Waals surface area contributed by atoms with Crippen molar-refractivity contribution < 1.29 is 14.4 Å². The zero-order valence-corrected chi connectivity index (χ0v) is 10.6. The van der Waals surface area contributed by atoms with E-state index in [9.17, 15) is 14.4 Å². The minimum Gasteiger partial charge on any atom is -0.326 e. The van der Waals surface area contributed by atoms with E-state index >= 15 is 0 Å². The molecule has 100 valence electrons. The van der Waals surface area contributed by atoms with Crippen LogP contribution in [0.25, 0.3) is 0 Å². The van der Waals surface area contributed by atoms with Crippen LogP contribution in [0.15, 0.2) is 18.2 Å². The largest absolute Gasteiger partial charge is 0.326 e. The summed E-state index contributed by atoms with van der Waals surface area (Å²) in [5, 5.41) is 7.95. The van der Waals surface area contributed by atoms with Crippen molar-refractivity contribution in [3.8, 4) is 0 Å². The van der Waals surface area contributed by atoms with Crippen molar-refractivity contribution >= 4 is 23.4 Å². The normalized spacial score (nSPS) is 13.1. The molecule has 0 saturated heterocycles. The predicted octanol–water partition coefficient (Wildman–Crippen LogP) is 0.508. The Balaban J connectivity index is 2.03. The molecule has 0 bridgehead atoms. The van der Waals surface area contributed by atoms with Crippen LogP contribution in [0.2, 0.25) is 0 Å². The van der Waals surface area contributed by atoms with E-state index in [0.29, 0.717) is 29.8 Å². The van der Waals surface area contributed by atoms with Crippen LogP contribution >= 0.6 is 0 Å². The van der Waals surface area contributed by atoms with Crippen LogP contribution in [-0.4, -0.2) is 30.8 Å². The number of rotatable bonds is 5. The van der Waals surface area contributed by atoms with Crippen LogP contribution in [0.5, 0.6) is 0 Å². The second kappa shape index (κ2) is 5.62. The van der Waals surface area contributed by atoms with Gasteiger partial charge in [0.05, 0.1) is 11.1 Å². The first kappa shape index (κ1) is 13.2. The molecule has 1 aromatic rings. The van der Waals surface area contributed by atoms with Gasteiger partial charge >= 0.3 is 0 Å². The first-order valence-electron chi connectivity index (χ1n) is 6.12. The summed E-state index contributed by atoms with van der Waals surface area (Å²) in [7, 11) is 0. The molecule has 0 aromatic heterocycles. The third-order valence-corrected chi connectivity index (χ3v) is 2.80. The molecule has 0 radical (unpaired) electrons. The van der Waals surface area contributed by atoms with Gasteiger partial charge in [-0.2, -0.15) is 0 Å². The van der Waals surface area contributed by atoms with Gasteiger partial charge in [-0.3, -0.25) is 19.7 Å². The molecule has 6 heteroatoms. The van der Waals surface area contributed by atoms with Crippen molar-refractivity contribution in [1.82, 2.24) is 10.6 Å². The summed E-state index contributed by atoms with van der Waals surface area (Å²) < 4.78 is 0. The Morgan fingerprint density at radius 2 is 1.95 bits per heavy atom. The lowest BCUT2D eigenvalue weighted by Gasteiger charge is -2.06. The molecule has 2 rings (SSSR count). The second-order valence-electron chi connectivity index (χ2n) is 4.20. The zero-order valence-electron chi connectivity index (χ0n) is 10.6. The van der Waals surface area contributed by atoms with Gasteiger partial charge in [0.2, 0.25) is 5.91 Å². The molecule has 6 nitrogen and oxygen atoms in total. The number of anilines is 1. The lowest BCUT2D eigenvalue weighted by atomic mass is 10.1. The van der Waals surface area contributed by atoms with Crippen LogP contribution in [-0.2, 0) is 4.79 Å². The minimum absolute atomic E-state index is 0.134. The molecule has 0 atom stereocenters. The Kier molecular flexibility index (Phi) is 3.91. The molecule has 3 amide bonds. The van der Waals surface area contributed by atoms with Crippen molar-refractivity contribution in [2.45, 2.75) is 13.3 Å². The highest BCUT2D eigenvalue weighted by Gasteiger charge is 2.26. The van der Waals surface area contributed by atoms with Crippen molar-refractivity contribution in [3.05, 3.63) is 29.3 Å². The Morgan fingerprint density at radius 3 is 2.68 bits per heavy atom. The molecule has 0 fully saturated rings. The lowest BCUT2D eigenvalue weighted by molar-refractivity contribution is -0.116. The minimum atomic E-state index is -0.427. The fourth-order valence-corrected chi connectivity index (χ4v) is 1.85. The molecule has 1 aromatic carbocycles. The Hall–Kier alpha value is -2.21. The van der Waals surface area contributed by atoms with Gasteiger partial charge in [0.1, 0.15) is 0 Å². The molecular formula is C13H15N3O3. The smallest absolute Gasteiger partial charge is 0.259 e. The highest BCUT2D eigenvalue weighted by Crippen LogP contribution is 2.20. The quantitative estimate of drug-likeness (QED) is 0.532. The van der Waals surface area contributed by atoms with Crippen molar-refractivity contribution in [1.29, 1.82) is 0 Å². The van der Waals surface area contributed by atoms with Gasteiger partial charge in [-0.25, -0.2) is 0 Å². The predicted molar refractivity (Wildman–Crippen MR) is 70.0 cm³/mol. The summed E-state index contributed by atoms with van der Waals surface area (Å²) in [4.78, 5) is 34.4. The van der Waals surface area contributed by atoms with E-state index in [1.54, 1.807) is 6.07 Å². The fraction of sp³-hybridized carbons (Fsp3) is 0.308. The molecule has 0 spiro atoms. The van der Waals surface area contributed by atoms with Gasteiger partial charge < -0.3 is 10.6 Å². The Morgan fingerprint density at radius 1 is 1.21 bits per heavy atom. The summed E-state index contributed by atoms with van der Waals surface area (Å²) in [6.07, 6.45) is 0.357. The maximum absolute atomic E-state index is 11.6. The number of nitrogens with one attached hydrogen (secondary N) is 3.